The minimum atomic E-state index is -0.210. The summed E-state index contributed by atoms with van der Waals surface area (Å²) in [7, 11) is 0. The minimum absolute atomic E-state index is 0.00720. The second kappa shape index (κ2) is 10.5. The normalized spacial score (nSPS) is 19.1. The number of anilines is 1. The minimum Gasteiger partial charge on any atom is -0.486 e. The topological polar surface area (TPSA) is 84.3 Å². The first-order chi connectivity index (χ1) is 14.5. The lowest BCUT2D eigenvalue weighted by Crippen LogP contribution is -3.11. The van der Waals surface area contributed by atoms with E-state index in [9.17, 15) is 9.59 Å². The van der Waals surface area contributed by atoms with Gasteiger partial charge in [0.2, 0.25) is 5.91 Å². The number of carbonyl (C=O) groups excluding carboxylic acids is 2. The standard InChI is InChI=1S/C22H34N4O4/c1-4-25(5-2)10-6-7-16(3)23-22(28)24-17-13-21(27)26(15-17)18-8-9-19-20(14-18)30-12-11-29-19/h8-9,14,16-17H,4-7,10-13,15H2,1-3H3,(H2,23,24,28)/p+1/t16-,17-/m0/s1. The van der Waals surface area contributed by atoms with Crippen molar-refractivity contribution in [3.63, 3.8) is 0 Å². The summed E-state index contributed by atoms with van der Waals surface area (Å²) >= 11 is 0. The fraction of sp³-hybridized carbons (Fsp3) is 0.636. The van der Waals surface area contributed by atoms with Crippen LogP contribution in [-0.2, 0) is 4.79 Å². The summed E-state index contributed by atoms with van der Waals surface area (Å²) in [6.07, 6.45) is 2.32. The summed E-state index contributed by atoms with van der Waals surface area (Å²) in [5.41, 5.74) is 0.765. The summed E-state index contributed by atoms with van der Waals surface area (Å²) in [5, 5.41) is 5.95. The fourth-order valence-electron chi connectivity index (χ4n) is 4.04. The molecule has 3 N–H and O–H groups in total. The number of hydrogen-bond acceptors (Lipinski definition) is 4. The Bertz CT molecular complexity index is 738. The van der Waals surface area contributed by atoms with Crippen molar-refractivity contribution >= 4 is 17.6 Å². The zero-order chi connectivity index (χ0) is 21.5. The Hall–Kier alpha value is -2.48. The molecule has 1 fully saturated rings. The van der Waals surface area contributed by atoms with Crippen molar-refractivity contribution in [2.45, 2.75) is 52.1 Å². The maximum absolute atomic E-state index is 12.5. The van der Waals surface area contributed by atoms with Crippen molar-refractivity contribution in [2.24, 2.45) is 0 Å². The van der Waals surface area contributed by atoms with Crippen LogP contribution in [0, 0.1) is 0 Å². The molecule has 1 aromatic carbocycles. The number of nitrogens with one attached hydrogen (secondary N) is 3. The molecule has 2 aliphatic heterocycles. The van der Waals surface area contributed by atoms with Crippen molar-refractivity contribution in [1.82, 2.24) is 10.6 Å². The van der Waals surface area contributed by atoms with Crippen molar-refractivity contribution in [3.05, 3.63) is 18.2 Å². The van der Waals surface area contributed by atoms with E-state index in [1.54, 1.807) is 9.80 Å². The highest BCUT2D eigenvalue weighted by Gasteiger charge is 2.32. The van der Waals surface area contributed by atoms with E-state index in [4.69, 9.17) is 9.47 Å². The molecular formula is C22H35N4O4+. The maximum atomic E-state index is 12.5. The van der Waals surface area contributed by atoms with Crippen LogP contribution in [0.15, 0.2) is 18.2 Å². The molecule has 2 heterocycles. The van der Waals surface area contributed by atoms with Crippen molar-refractivity contribution in [2.75, 3.05) is 44.3 Å². The quantitative estimate of drug-likeness (QED) is 0.557. The first kappa shape index (κ1) is 22.2. The highest BCUT2D eigenvalue weighted by molar-refractivity contribution is 5.97. The summed E-state index contributed by atoms with van der Waals surface area (Å²) in [6.45, 7) is 11.3. The number of hydrogen-bond donors (Lipinski definition) is 3. The molecule has 0 spiro atoms. The molecule has 8 heteroatoms. The molecule has 0 aliphatic carbocycles. The van der Waals surface area contributed by atoms with Crippen molar-refractivity contribution in [1.29, 1.82) is 0 Å². The number of carbonyl (C=O) groups is 2. The van der Waals surface area contributed by atoms with E-state index in [0.717, 1.165) is 38.2 Å². The number of nitrogens with zero attached hydrogens (tertiary/aromatic N) is 1. The second-order valence-electron chi connectivity index (χ2n) is 8.10. The largest absolute Gasteiger partial charge is 0.486 e. The van der Waals surface area contributed by atoms with Crippen molar-refractivity contribution in [3.8, 4) is 11.5 Å². The van der Waals surface area contributed by atoms with Gasteiger partial charge in [-0.3, -0.25) is 4.79 Å². The molecule has 2 aliphatic rings. The van der Waals surface area contributed by atoms with Crippen LogP contribution in [0.2, 0.25) is 0 Å². The SMILES string of the molecule is CC[NH+](CC)CCC[C@H](C)NC(=O)N[C@H]1CC(=O)N(c2ccc3c(c2)OCCO3)C1. The first-order valence-corrected chi connectivity index (χ1v) is 11.1. The maximum Gasteiger partial charge on any atom is 0.315 e. The van der Waals surface area contributed by atoms with Gasteiger partial charge in [0, 0.05) is 30.8 Å². The van der Waals surface area contributed by atoms with Gasteiger partial charge in [0.15, 0.2) is 11.5 Å². The molecule has 1 aromatic rings. The van der Waals surface area contributed by atoms with Gasteiger partial charge in [-0.1, -0.05) is 0 Å². The predicted molar refractivity (Wildman–Crippen MR) is 115 cm³/mol. The van der Waals surface area contributed by atoms with E-state index in [2.05, 4.69) is 24.5 Å². The molecule has 3 amide bonds. The lowest BCUT2D eigenvalue weighted by Gasteiger charge is -2.22. The molecule has 0 unspecified atom stereocenters. The smallest absolute Gasteiger partial charge is 0.315 e. The van der Waals surface area contributed by atoms with E-state index in [1.165, 1.54) is 0 Å². The summed E-state index contributed by atoms with van der Waals surface area (Å²) in [4.78, 5) is 28.1. The monoisotopic (exact) mass is 419 g/mol. The first-order valence-electron chi connectivity index (χ1n) is 11.1. The molecule has 166 valence electrons. The third-order valence-corrected chi connectivity index (χ3v) is 5.84. The molecule has 0 radical (unpaired) electrons. The summed E-state index contributed by atoms with van der Waals surface area (Å²) < 4.78 is 11.1. The average molecular weight is 420 g/mol. The van der Waals surface area contributed by atoms with Crippen LogP contribution in [-0.4, -0.2) is 63.4 Å². The number of urea groups is 1. The van der Waals surface area contributed by atoms with Gasteiger partial charge in [-0.25, -0.2) is 4.79 Å². The van der Waals surface area contributed by atoms with Crippen LogP contribution in [0.5, 0.6) is 11.5 Å². The summed E-state index contributed by atoms with van der Waals surface area (Å²) in [6, 6.07) is 5.19. The molecule has 0 saturated carbocycles. The third kappa shape index (κ3) is 5.78. The van der Waals surface area contributed by atoms with Gasteiger partial charge in [0.1, 0.15) is 13.2 Å². The number of amides is 3. The average Bonchev–Trinajstić information content (AvgIpc) is 3.10. The highest BCUT2D eigenvalue weighted by atomic mass is 16.6. The van der Waals surface area contributed by atoms with E-state index < -0.39 is 0 Å². The van der Waals surface area contributed by atoms with E-state index in [1.807, 2.05) is 25.1 Å². The van der Waals surface area contributed by atoms with Crippen LogP contribution < -0.4 is 29.9 Å². The highest BCUT2D eigenvalue weighted by Crippen LogP contribution is 2.35. The van der Waals surface area contributed by atoms with Crippen LogP contribution in [0.25, 0.3) is 0 Å². The third-order valence-electron chi connectivity index (χ3n) is 5.84. The Balaban J connectivity index is 1.45. The lowest BCUT2D eigenvalue weighted by atomic mass is 10.2. The molecule has 30 heavy (non-hydrogen) atoms. The van der Waals surface area contributed by atoms with Crippen LogP contribution in [0.3, 0.4) is 0 Å². The Morgan fingerprint density at radius 2 is 1.97 bits per heavy atom. The van der Waals surface area contributed by atoms with Gasteiger partial charge in [-0.05, 0) is 45.7 Å². The summed E-state index contributed by atoms with van der Waals surface area (Å²) in [5.74, 6) is 1.34. The van der Waals surface area contributed by atoms with Crippen LogP contribution >= 0.6 is 0 Å². The number of quaternary nitrogens is 1. The van der Waals surface area contributed by atoms with Gasteiger partial charge >= 0.3 is 6.03 Å². The van der Waals surface area contributed by atoms with Gasteiger partial charge in [0.25, 0.3) is 0 Å². The molecular weight excluding hydrogens is 384 g/mol. The fourth-order valence-corrected chi connectivity index (χ4v) is 4.04. The van der Waals surface area contributed by atoms with Gasteiger partial charge in [0.05, 0.1) is 25.7 Å². The van der Waals surface area contributed by atoms with E-state index in [-0.39, 0.29) is 24.0 Å². The molecule has 3 rings (SSSR count). The number of benzene rings is 1. The van der Waals surface area contributed by atoms with Crippen LogP contribution in [0.4, 0.5) is 10.5 Å². The molecule has 0 aromatic heterocycles. The van der Waals surface area contributed by atoms with Crippen LogP contribution in [0.1, 0.15) is 40.0 Å². The van der Waals surface area contributed by atoms with Gasteiger partial charge in [-0.2, -0.15) is 0 Å². The van der Waals surface area contributed by atoms with Gasteiger partial charge < -0.3 is 29.9 Å². The Morgan fingerprint density at radius 3 is 2.70 bits per heavy atom. The number of fused-ring (bicyclic) bond motifs is 1. The van der Waals surface area contributed by atoms with Crippen molar-refractivity contribution < 1.29 is 24.0 Å². The van der Waals surface area contributed by atoms with Gasteiger partial charge in [-0.15, -0.1) is 0 Å². The molecule has 0 bridgehead atoms. The molecule has 2 atom stereocenters. The Kier molecular flexibility index (Phi) is 7.79. The predicted octanol–water partition coefficient (Wildman–Crippen LogP) is 0.956. The Morgan fingerprint density at radius 1 is 1.23 bits per heavy atom. The van der Waals surface area contributed by atoms with E-state index in [0.29, 0.717) is 37.7 Å². The second-order valence-corrected chi connectivity index (χ2v) is 8.10. The molecule has 1 saturated heterocycles. The number of ether oxygens (including phenoxy) is 2. The number of rotatable bonds is 9. The van der Waals surface area contributed by atoms with E-state index >= 15 is 0 Å². The molecule has 8 nitrogen and oxygen atoms in total. The lowest BCUT2D eigenvalue weighted by molar-refractivity contribution is -0.896. The zero-order valence-corrected chi connectivity index (χ0v) is 18.3. The Labute approximate surface area is 178 Å². The zero-order valence-electron chi connectivity index (χ0n) is 18.3.